The van der Waals surface area contributed by atoms with Gasteiger partial charge in [0.15, 0.2) is 0 Å². The molecule has 2 heterocycles. The molecule has 3 rings (SSSR count). The van der Waals surface area contributed by atoms with E-state index in [1.54, 1.807) is 6.92 Å². The molecule has 1 aliphatic rings. The number of H-pyrrole nitrogens is 1. The first-order valence-corrected chi connectivity index (χ1v) is 11.8. The summed E-state index contributed by atoms with van der Waals surface area (Å²) < 4.78 is 5.10. The van der Waals surface area contributed by atoms with Gasteiger partial charge in [0.05, 0.1) is 6.61 Å². The minimum atomic E-state index is -0.363. The summed E-state index contributed by atoms with van der Waals surface area (Å²) >= 11 is 0. The van der Waals surface area contributed by atoms with Crippen molar-refractivity contribution in [1.29, 1.82) is 0 Å². The molecule has 0 atom stereocenters. The van der Waals surface area contributed by atoms with Gasteiger partial charge in [-0.1, -0.05) is 29.8 Å². The Morgan fingerprint density at radius 3 is 2.55 bits per heavy atom. The van der Waals surface area contributed by atoms with Crippen molar-refractivity contribution in [3.05, 3.63) is 57.9 Å². The summed E-state index contributed by atoms with van der Waals surface area (Å²) in [5.41, 5.74) is 5.48. The molecule has 0 spiro atoms. The molecule has 0 aliphatic carbocycles. The van der Waals surface area contributed by atoms with E-state index in [9.17, 15) is 14.4 Å². The largest absolute Gasteiger partial charge is 0.461 e. The summed E-state index contributed by atoms with van der Waals surface area (Å²) in [5.74, 6) is -0.265. The number of ether oxygens (including phenoxy) is 1. The first kappa shape index (κ1) is 24.6. The van der Waals surface area contributed by atoms with E-state index < -0.39 is 0 Å². The molecule has 0 unspecified atom stereocenters. The van der Waals surface area contributed by atoms with Gasteiger partial charge in [-0.2, -0.15) is 0 Å². The van der Waals surface area contributed by atoms with Crippen molar-refractivity contribution in [3.8, 4) is 0 Å². The summed E-state index contributed by atoms with van der Waals surface area (Å²) in [6.45, 7) is 9.66. The third-order valence-electron chi connectivity index (χ3n) is 6.43. The second kappa shape index (κ2) is 11.2. The van der Waals surface area contributed by atoms with Crippen LogP contribution in [0.15, 0.2) is 24.3 Å². The molecule has 1 aromatic heterocycles. The zero-order valence-corrected chi connectivity index (χ0v) is 20.1. The highest BCUT2D eigenvalue weighted by atomic mass is 16.5. The van der Waals surface area contributed by atoms with Gasteiger partial charge in [-0.15, -0.1) is 0 Å². The number of amides is 2. The van der Waals surface area contributed by atoms with Gasteiger partial charge >= 0.3 is 5.97 Å². The quantitative estimate of drug-likeness (QED) is 0.598. The number of benzene rings is 1. The van der Waals surface area contributed by atoms with Gasteiger partial charge < -0.3 is 19.9 Å². The van der Waals surface area contributed by atoms with Crippen molar-refractivity contribution >= 4 is 17.8 Å². The van der Waals surface area contributed by atoms with Crippen molar-refractivity contribution in [1.82, 2.24) is 15.2 Å². The van der Waals surface area contributed by atoms with E-state index in [1.807, 2.05) is 43.9 Å². The van der Waals surface area contributed by atoms with E-state index >= 15 is 0 Å². The number of likely N-dealkylation sites (tertiary alicyclic amines) is 1. The van der Waals surface area contributed by atoms with E-state index in [1.165, 1.54) is 5.56 Å². The lowest BCUT2D eigenvalue weighted by Crippen LogP contribution is -2.43. The normalized spacial score (nSPS) is 14.2. The van der Waals surface area contributed by atoms with Crippen molar-refractivity contribution in [2.24, 2.45) is 5.92 Å². The summed E-state index contributed by atoms with van der Waals surface area (Å²) in [7, 11) is 0. The maximum Gasteiger partial charge on any atom is 0.355 e. The Bertz CT molecular complexity index is 1000. The van der Waals surface area contributed by atoms with E-state index in [4.69, 9.17) is 4.74 Å². The number of aromatic nitrogens is 1. The van der Waals surface area contributed by atoms with Crippen molar-refractivity contribution in [3.63, 3.8) is 0 Å². The van der Waals surface area contributed by atoms with E-state index in [0.717, 1.165) is 22.4 Å². The summed E-state index contributed by atoms with van der Waals surface area (Å²) in [4.78, 5) is 42.4. The highest BCUT2D eigenvalue weighted by Crippen LogP contribution is 2.22. The first-order valence-electron chi connectivity index (χ1n) is 11.8. The SMILES string of the molecule is CCOC(=O)c1[nH]c(C)c(CCC(=O)N2CCC(C(=O)NCc3cccc(C)c3)CC2)c1C. The predicted molar refractivity (Wildman–Crippen MR) is 127 cm³/mol. The Morgan fingerprint density at radius 2 is 1.88 bits per heavy atom. The Kier molecular flexibility index (Phi) is 8.31. The Hall–Kier alpha value is -3.09. The number of esters is 1. The third kappa shape index (κ3) is 6.24. The fraction of sp³-hybridized carbons (Fsp3) is 0.500. The molecule has 0 radical (unpaired) electrons. The zero-order chi connectivity index (χ0) is 24.0. The van der Waals surface area contributed by atoms with E-state index in [2.05, 4.69) is 16.4 Å². The van der Waals surface area contributed by atoms with Gasteiger partial charge in [-0.3, -0.25) is 9.59 Å². The molecule has 7 heteroatoms. The maximum atomic E-state index is 12.8. The minimum Gasteiger partial charge on any atom is -0.461 e. The molecule has 0 saturated carbocycles. The van der Waals surface area contributed by atoms with Gasteiger partial charge in [0.2, 0.25) is 11.8 Å². The molecule has 2 N–H and O–H groups in total. The molecule has 0 bridgehead atoms. The highest BCUT2D eigenvalue weighted by molar-refractivity contribution is 5.90. The number of rotatable bonds is 8. The molecule has 2 amide bonds. The molecule has 2 aromatic rings. The van der Waals surface area contributed by atoms with Crippen molar-refractivity contribution in [2.45, 2.75) is 59.9 Å². The first-order chi connectivity index (χ1) is 15.8. The molecule has 33 heavy (non-hydrogen) atoms. The van der Waals surface area contributed by atoms with Crippen LogP contribution in [-0.4, -0.2) is 47.4 Å². The van der Waals surface area contributed by atoms with Crippen LogP contribution < -0.4 is 5.32 Å². The molecule has 7 nitrogen and oxygen atoms in total. The summed E-state index contributed by atoms with van der Waals surface area (Å²) in [6, 6.07) is 8.12. The lowest BCUT2D eigenvalue weighted by atomic mass is 9.95. The van der Waals surface area contributed by atoms with E-state index in [0.29, 0.717) is 57.6 Å². The molecule has 1 aliphatic heterocycles. The van der Waals surface area contributed by atoms with Crippen LogP contribution in [0.4, 0.5) is 0 Å². The summed E-state index contributed by atoms with van der Waals surface area (Å²) in [5, 5.41) is 3.04. The summed E-state index contributed by atoms with van der Waals surface area (Å²) in [6.07, 6.45) is 2.32. The maximum absolute atomic E-state index is 12.8. The number of hydrogen-bond acceptors (Lipinski definition) is 4. The van der Waals surface area contributed by atoms with Gasteiger partial charge in [-0.05, 0) is 63.6 Å². The van der Waals surface area contributed by atoms with Crippen molar-refractivity contribution in [2.75, 3.05) is 19.7 Å². The highest BCUT2D eigenvalue weighted by Gasteiger charge is 2.27. The topological polar surface area (TPSA) is 91.5 Å². The lowest BCUT2D eigenvalue weighted by Gasteiger charge is -2.31. The fourth-order valence-corrected chi connectivity index (χ4v) is 4.51. The lowest BCUT2D eigenvalue weighted by molar-refractivity contribution is -0.135. The average Bonchev–Trinajstić information content (AvgIpc) is 3.09. The molecule has 1 saturated heterocycles. The van der Waals surface area contributed by atoms with Crippen LogP contribution in [0.1, 0.15) is 64.6 Å². The van der Waals surface area contributed by atoms with Crippen LogP contribution >= 0.6 is 0 Å². The van der Waals surface area contributed by atoms with Gasteiger partial charge in [0.25, 0.3) is 0 Å². The van der Waals surface area contributed by atoms with Crippen molar-refractivity contribution < 1.29 is 19.1 Å². The number of nitrogens with zero attached hydrogens (tertiary/aromatic N) is 1. The van der Waals surface area contributed by atoms with Crippen LogP contribution in [-0.2, 0) is 27.3 Å². The fourth-order valence-electron chi connectivity index (χ4n) is 4.51. The van der Waals surface area contributed by atoms with Crippen LogP contribution in [0, 0.1) is 26.7 Å². The molecule has 1 aromatic carbocycles. The number of carbonyl (C=O) groups excluding carboxylic acids is 3. The van der Waals surface area contributed by atoms with Crippen LogP contribution in [0.3, 0.4) is 0 Å². The second-order valence-electron chi connectivity index (χ2n) is 8.81. The van der Waals surface area contributed by atoms with E-state index in [-0.39, 0.29) is 23.7 Å². The number of piperidine rings is 1. The number of hydrogen-bond donors (Lipinski definition) is 2. The number of nitrogens with one attached hydrogen (secondary N) is 2. The van der Waals surface area contributed by atoms with Gasteiger partial charge in [-0.25, -0.2) is 4.79 Å². The smallest absolute Gasteiger partial charge is 0.355 e. The van der Waals surface area contributed by atoms with Crippen LogP contribution in [0.25, 0.3) is 0 Å². The molecule has 178 valence electrons. The standard InChI is InChI=1S/C26H35N3O4/c1-5-33-26(32)24-18(3)22(19(4)28-24)9-10-23(30)29-13-11-21(12-14-29)25(31)27-16-20-8-6-7-17(2)15-20/h6-8,15,21,28H,5,9-14,16H2,1-4H3,(H,27,31). The molecular formula is C26H35N3O4. The van der Waals surface area contributed by atoms with Gasteiger partial charge in [0.1, 0.15) is 5.69 Å². The second-order valence-corrected chi connectivity index (χ2v) is 8.81. The third-order valence-corrected chi connectivity index (χ3v) is 6.43. The number of carbonyl (C=O) groups is 3. The number of aryl methyl sites for hydroxylation is 2. The zero-order valence-electron chi connectivity index (χ0n) is 20.1. The Labute approximate surface area is 195 Å². The minimum absolute atomic E-state index is 0.0554. The predicted octanol–water partition coefficient (Wildman–Crippen LogP) is 3.60. The van der Waals surface area contributed by atoms with Crippen LogP contribution in [0.2, 0.25) is 0 Å². The Balaban J connectivity index is 1.46. The molecule has 1 fully saturated rings. The number of aromatic amines is 1. The monoisotopic (exact) mass is 453 g/mol. The van der Waals surface area contributed by atoms with Crippen LogP contribution in [0.5, 0.6) is 0 Å². The van der Waals surface area contributed by atoms with Gasteiger partial charge in [0, 0.05) is 37.7 Å². The average molecular weight is 454 g/mol. The molecular weight excluding hydrogens is 418 g/mol. The Morgan fingerprint density at radius 1 is 1.15 bits per heavy atom.